The van der Waals surface area contributed by atoms with Crippen LogP contribution in [0.2, 0.25) is 0 Å². The van der Waals surface area contributed by atoms with Crippen molar-refractivity contribution < 1.29 is 52.8 Å². The maximum Gasteiger partial charge on any atom is 0.0889 e. The molecule has 3 heterocycles. The summed E-state index contributed by atoms with van der Waals surface area (Å²) in [5, 5.41) is 1.06. The molecule has 28 heavy (non-hydrogen) atoms. The van der Waals surface area contributed by atoms with Crippen LogP contribution in [0.1, 0.15) is 16.7 Å². The Morgan fingerprint density at radius 1 is 0.964 bits per heavy atom. The first-order valence-electron chi connectivity index (χ1n) is 8.50. The Balaban J connectivity index is 0.000000934. The summed E-state index contributed by atoms with van der Waals surface area (Å²) in [4.78, 5) is 4.78. The Labute approximate surface area is 204 Å². The van der Waals surface area contributed by atoms with Crippen LogP contribution in [0.3, 0.4) is 0 Å². The Kier molecular flexibility index (Phi) is 7.05. The largest absolute Gasteiger partial charge is 0.358 e. The minimum absolute atomic E-state index is 0. The standard InChI is InChI=1S/C22H18N3.CH3.Ir.Y/c1-14-11-15(2)21(16(3)12-14)25-13-23-20-17-7-4-5-8-18(17)24-10-6-9-19(24)22(20)25;;;/h4-6,8-13H,1-3H3;1H3;;/q2*-1;;. The molecule has 0 atom stereocenters. The van der Waals surface area contributed by atoms with Gasteiger partial charge in [0, 0.05) is 58.3 Å². The molecule has 0 N–H and O–H groups in total. The van der Waals surface area contributed by atoms with Crippen molar-refractivity contribution in [3.05, 3.63) is 85.2 Å². The van der Waals surface area contributed by atoms with Gasteiger partial charge in [0.15, 0.2) is 0 Å². The summed E-state index contributed by atoms with van der Waals surface area (Å²) in [6, 6.07) is 18.2. The van der Waals surface area contributed by atoms with Gasteiger partial charge in [-0.3, -0.25) is 4.98 Å². The number of imidazole rings is 1. The quantitative estimate of drug-likeness (QED) is 0.224. The Hall–Kier alpha value is -1.32. The van der Waals surface area contributed by atoms with Gasteiger partial charge in [-0.25, -0.2) is 0 Å². The van der Waals surface area contributed by atoms with Crippen LogP contribution in [0, 0.1) is 34.3 Å². The molecule has 3 nitrogen and oxygen atoms in total. The number of hydrogen-bond donors (Lipinski definition) is 0. The van der Waals surface area contributed by atoms with Crippen LogP contribution in [-0.4, -0.2) is 14.0 Å². The van der Waals surface area contributed by atoms with Crippen molar-refractivity contribution in [2.24, 2.45) is 0 Å². The first kappa shape index (κ1) is 23.0. The van der Waals surface area contributed by atoms with E-state index in [4.69, 9.17) is 4.98 Å². The van der Waals surface area contributed by atoms with Gasteiger partial charge >= 0.3 is 0 Å². The van der Waals surface area contributed by atoms with Crippen LogP contribution in [-0.2, 0) is 52.8 Å². The topological polar surface area (TPSA) is 22.2 Å². The van der Waals surface area contributed by atoms with Crippen LogP contribution in [0.25, 0.3) is 33.1 Å². The van der Waals surface area contributed by atoms with E-state index < -0.39 is 0 Å². The van der Waals surface area contributed by atoms with Crippen molar-refractivity contribution >= 4 is 27.5 Å². The summed E-state index contributed by atoms with van der Waals surface area (Å²) >= 11 is 0. The average molecular weight is 621 g/mol. The summed E-state index contributed by atoms with van der Waals surface area (Å²) in [5.74, 6) is 0. The molecule has 0 aliphatic heterocycles. The van der Waals surface area contributed by atoms with Crippen molar-refractivity contribution in [2.45, 2.75) is 20.8 Å². The van der Waals surface area contributed by atoms with E-state index in [0.717, 1.165) is 21.9 Å². The molecule has 5 aromatic rings. The minimum Gasteiger partial charge on any atom is -0.358 e. The molecule has 0 amide bonds. The number of aryl methyl sites for hydroxylation is 3. The monoisotopic (exact) mass is 621 g/mol. The summed E-state index contributed by atoms with van der Waals surface area (Å²) in [6.07, 6.45) is 4.06. The SMILES string of the molecule is Cc1cc(C)c(-n2cnc3c4[c-]cccc4n4cccc4c32)c(C)c1.[CH3-].[Ir].[Y]. The van der Waals surface area contributed by atoms with Crippen molar-refractivity contribution in [2.75, 3.05) is 0 Å². The van der Waals surface area contributed by atoms with Gasteiger partial charge in [-0.2, -0.15) is 0 Å². The second-order valence-corrected chi connectivity index (χ2v) is 6.75. The summed E-state index contributed by atoms with van der Waals surface area (Å²) in [5.41, 5.74) is 9.46. The van der Waals surface area contributed by atoms with Gasteiger partial charge in [-0.05, 0) is 55.7 Å². The molecule has 0 saturated carbocycles. The fraction of sp³-hybridized carbons (Fsp3) is 0.130. The van der Waals surface area contributed by atoms with E-state index in [2.05, 4.69) is 72.3 Å². The van der Waals surface area contributed by atoms with Crippen molar-refractivity contribution in [1.29, 1.82) is 0 Å². The maximum atomic E-state index is 4.78. The molecule has 0 spiro atoms. The number of fused-ring (bicyclic) bond motifs is 6. The van der Waals surface area contributed by atoms with Gasteiger partial charge in [0.1, 0.15) is 0 Å². The third-order valence-electron chi connectivity index (χ3n) is 4.97. The van der Waals surface area contributed by atoms with Crippen LogP contribution < -0.4 is 0 Å². The van der Waals surface area contributed by atoms with Gasteiger partial charge in [0.2, 0.25) is 0 Å². The molecule has 142 valence electrons. The predicted octanol–water partition coefficient (Wildman–Crippen LogP) is 5.60. The van der Waals surface area contributed by atoms with Crippen LogP contribution in [0.4, 0.5) is 0 Å². The second kappa shape index (κ2) is 8.59. The number of hydrogen-bond acceptors (Lipinski definition) is 1. The summed E-state index contributed by atoms with van der Waals surface area (Å²) in [7, 11) is 0. The first-order valence-corrected chi connectivity index (χ1v) is 8.50. The Morgan fingerprint density at radius 2 is 1.64 bits per heavy atom. The Morgan fingerprint density at radius 3 is 2.36 bits per heavy atom. The van der Waals surface area contributed by atoms with E-state index in [0.29, 0.717) is 0 Å². The van der Waals surface area contributed by atoms with E-state index in [9.17, 15) is 0 Å². The molecular weight excluding hydrogens is 599 g/mol. The maximum absolute atomic E-state index is 4.78. The third-order valence-corrected chi connectivity index (χ3v) is 4.97. The van der Waals surface area contributed by atoms with Gasteiger partial charge in [0.05, 0.1) is 23.0 Å². The van der Waals surface area contributed by atoms with Crippen LogP contribution in [0.5, 0.6) is 0 Å². The van der Waals surface area contributed by atoms with Crippen molar-refractivity contribution in [3.8, 4) is 5.69 Å². The van der Waals surface area contributed by atoms with E-state index in [1.165, 1.54) is 27.9 Å². The molecule has 0 aliphatic rings. The zero-order valence-electron chi connectivity index (χ0n) is 16.4. The average Bonchev–Trinajstić information content (AvgIpc) is 3.21. The molecule has 0 saturated heterocycles. The molecule has 2 radical (unpaired) electrons. The normalized spacial score (nSPS) is 10.5. The second-order valence-electron chi connectivity index (χ2n) is 6.75. The fourth-order valence-corrected chi connectivity index (χ4v) is 4.10. The minimum atomic E-state index is 0. The van der Waals surface area contributed by atoms with Gasteiger partial charge in [-0.1, -0.05) is 23.1 Å². The summed E-state index contributed by atoms with van der Waals surface area (Å²) in [6.45, 7) is 6.48. The number of rotatable bonds is 1. The molecule has 3 aromatic heterocycles. The Bertz CT molecular complexity index is 1260. The zero-order chi connectivity index (χ0) is 17.1. The fourth-order valence-electron chi connectivity index (χ4n) is 4.10. The molecule has 0 aliphatic carbocycles. The van der Waals surface area contributed by atoms with E-state index in [-0.39, 0.29) is 60.2 Å². The molecule has 2 aromatic carbocycles. The van der Waals surface area contributed by atoms with Crippen molar-refractivity contribution in [3.63, 3.8) is 0 Å². The number of aromatic nitrogens is 3. The third kappa shape index (κ3) is 3.31. The van der Waals surface area contributed by atoms with Crippen molar-refractivity contribution in [1.82, 2.24) is 14.0 Å². The molecule has 0 unspecified atom stereocenters. The predicted molar refractivity (Wildman–Crippen MR) is 109 cm³/mol. The molecule has 5 heteroatoms. The van der Waals surface area contributed by atoms with Crippen LogP contribution in [0.15, 0.2) is 55.0 Å². The number of pyridine rings is 1. The molecule has 0 fully saturated rings. The van der Waals surface area contributed by atoms with Gasteiger partial charge in [-0.15, -0.1) is 24.3 Å². The van der Waals surface area contributed by atoms with Gasteiger partial charge in [0.25, 0.3) is 0 Å². The van der Waals surface area contributed by atoms with Gasteiger partial charge < -0.3 is 16.4 Å². The molecule has 5 rings (SSSR count). The molecular formula is C23H21IrN3Y-2. The van der Waals surface area contributed by atoms with E-state index >= 15 is 0 Å². The summed E-state index contributed by atoms with van der Waals surface area (Å²) < 4.78 is 4.46. The number of nitrogens with zero attached hydrogens (tertiary/aromatic N) is 3. The number of benzene rings is 2. The smallest absolute Gasteiger partial charge is 0.0889 e. The first-order chi connectivity index (χ1) is 12.1. The van der Waals surface area contributed by atoms with Crippen LogP contribution >= 0.6 is 0 Å². The molecule has 0 bridgehead atoms. The van der Waals surface area contributed by atoms with E-state index in [1.807, 2.05) is 18.5 Å². The zero-order valence-corrected chi connectivity index (χ0v) is 21.7. The van der Waals surface area contributed by atoms with E-state index in [1.54, 1.807) is 0 Å².